The van der Waals surface area contributed by atoms with Crippen LogP contribution in [0.2, 0.25) is 0 Å². The maximum absolute atomic E-state index is 12.6. The van der Waals surface area contributed by atoms with Crippen molar-refractivity contribution >= 4 is 23.9 Å². The third kappa shape index (κ3) is 2.97. The highest BCUT2D eigenvalue weighted by molar-refractivity contribution is 6.02. The Morgan fingerprint density at radius 1 is 1.30 bits per heavy atom. The molecule has 0 bridgehead atoms. The zero-order chi connectivity index (χ0) is 16.4. The zero-order valence-electron chi connectivity index (χ0n) is 12.6. The summed E-state index contributed by atoms with van der Waals surface area (Å²) in [4.78, 5) is 37.2. The average molecular weight is 314 g/mol. The minimum atomic E-state index is -1.04. The first kappa shape index (κ1) is 15.3. The molecule has 2 aliphatic heterocycles. The van der Waals surface area contributed by atoms with Crippen LogP contribution in [0.4, 0.5) is 0 Å². The summed E-state index contributed by atoms with van der Waals surface area (Å²) < 4.78 is 0. The van der Waals surface area contributed by atoms with E-state index in [1.807, 2.05) is 0 Å². The Bertz CT molecular complexity index is 696. The number of carbonyl (C=O) groups excluding carboxylic acids is 2. The van der Waals surface area contributed by atoms with Gasteiger partial charge in [-0.2, -0.15) is 0 Å². The van der Waals surface area contributed by atoms with Crippen molar-refractivity contribution in [3.63, 3.8) is 0 Å². The molecule has 1 aromatic carbocycles. The minimum absolute atomic E-state index is 0.105. The summed E-state index contributed by atoms with van der Waals surface area (Å²) in [6.07, 6.45) is 5.03. The Labute approximate surface area is 133 Å². The van der Waals surface area contributed by atoms with Crippen LogP contribution in [0.1, 0.15) is 40.7 Å². The smallest absolute Gasteiger partial charge is 0.328 e. The normalized spacial score (nSPS) is 21.2. The minimum Gasteiger partial charge on any atom is -0.478 e. The van der Waals surface area contributed by atoms with Crippen molar-refractivity contribution in [1.29, 1.82) is 0 Å². The van der Waals surface area contributed by atoms with Crippen molar-refractivity contribution in [2.75, 3.05) is 6.54 Å². The second-order valence-electron chi connectivity index (χ2n) is 5.78. The maximum Gasteiger partial charge on any atom is 0.328 e. The van der Waals surface area contributed by atoms with Crippen molar-refractivity contribution in [1.82, 2.24) is 10.2 Å². The molecule has 3 rings (SSSR count). The summed E-state index contributed by atoms with van der Waals surface area (Å²) in [6.45, 7) is 0.989. The third-order valence-electron chi connectivity index (χ3n) is 4.32. The highest BCUT2D eigenvalue weighted by atomic mass is 16.4. The van der Waals surface area contributed by atoms with E-state index < -0.39 is 12.0 Å². The third-order valence-corrected chi connectivity index (χ3v) is 4.32. The standard InChI is InChI=1S/C17H18N2O4/c20-15(21)8-7-11-4-3-5-12-13(11)10-19(17(12)23)14-6-1-2-9-18-16(14)22/h3-5,7-8,14H,1-2,6,9-10H2,(H,18,22)(H,20,21)/b8-7+. The van der Waals surface area contributed by atoms with Gasteiger partial charge in [-0.15, -0.1) is 0 Å². The van der Waals surface area contributed by atoms with Gasteiger partial charge in [0, 0.05) is 24.7 Å². The van der Waals surface area contributed by atoms with Crippen molar-refractivity contribution in [3.8, 4) is 0 Å². The highest BCUT2D eigenvalue weighted by Crippen LogP contribution is 2.30. The molecule has 6 heteroatoms. The van der Waals surface area contributed by atoms with Gasteiger partial charge in [-0.25, -0.2) is 4.79 Å². The van der Waals surface area contributed by atoms with Gasteiger partial charge in [0.05, 0.1) is 0 Å². The molecule has 23 heavy (non-hydrogen) atoms. The highest BCUT2D eigenvalue weighted by Gasteiger charge is 2.37. The number of rotatable bonds is 3. The number of hydrogen-bond acceptors (Lipinski definition) is 3. The van der Waals surface area contributed by atoms with Crippen LogP contribution < -0.4 is 5.32 Å². The lowest BCUT2D eigenvalue weighted by Gasteiger charge is -2.25. The van der Waals surface area contributed by atoms with Crippen molar-refractivity contribution in [2.45, 2.75) is 31.8 Å². The molecule has 120 valence electrons. The molecule has 2 heterocycles. The molecule has 1 fully saturated rings. The Kier molecular flexibility index (Phi) is 4.14. The second-order valence-corrected chi connectivity index (χ2v) is 5.78. The molecule has 1 atom stereocenters. The molecule has 0 saturated carbocycles. The summed E-state index contributed by atoms with van der Waals surface area (Å²) in [5.41, 5.74) is 2.04. The summed E-state index contributed by atoms with van der Waals surface area (Å²) >= 11 is 0. The predicted octanol–water partition coefficient (Wildman–Crippen LogP) is 1.41. The van der Waals surface area contributed by atoms with Gasteiger partial charge in [0.2, 0.25) is 5.91 Å². The van der Waals surface area contributed by atoms with Crippen LogP contribution in [0.15, 0.2) is 24.3 Å². The molecule has 2 amide bonds. The SMILES string of the molecule is O=C(O)/C=C/c1cccc2c1CN(C1CCCCNC1=O)C2=O. The first-order valence-corrected chi connectivity index (χ1v) is 7.69. The van der Waals surface area contributed by atoms with E-state index in [1.54, 1.807) is 23.1 Å². The number of nitrogens with one attached hydrogen (secondary N) is 1. The number of benzene rings is 1. The van der Waals surface area contributed by atoms with E-state index in [2.05, 4.69) is 5.32 Å². The molecule has 2 N–H and O–H groups in total. The average Bonchev–Trinajstić information content (AvgIpc) is 2.71. The second kappa shape index (κ2) is 6.24. The lowest BCUT2D eigenvalue weighted by Crippen LogP contribution is -2.45. The van der Waals surface area contributed by atoms with E-state index in [-0.39, 0.29) is 11.8 Å². The number of aliphatic carboxylic acids is 1. The van der Waals surface area contributed by atoms with Crippen molar-refractivity contribution in [2.24, 2.45) is 0 Å². The number of nitrogens with zero attached hydrogens (tertiary/aromatic N) is 1. The molecular weight excluding hydrogens is 296 g/mol. The van der Waals surface area contributed by atoms with Crippen LogP contribution in [-0.2, 0) is 16.1 Å². The molecular formula is C17H18N2O4. The van der Waals surface area contributed by atoms with E-state index >= 15 is 0 Å². The van der Waals surface area contributed by atoms with Gasteiger partial charge in [0.1, 0.15) is 6.04 Å². The fraction of sp³-hybridized carbons (Fsp3) is 0.353. The van der Waals surface area contributed by atoms with Gasteiger partial charge in [0.25, 0.3) is 5.91 Å². The lowest BCUT2D eigenvalue weighted by atomic mass is 10.0. The molecule has 1 aromatic rings. The van der Waals surface area contributed by atoms with Crippen LogP contribution in [0.5, 0.6) is 0 Å². The van der Waals surface area contributed by atoms with Gasteiger partial charge in [-0.05, 0) is 42.5 Å². The molecule has 1 saturated heterocycles. The van der Waals surface area contributed by atoms with Gasteiger partial charge in [-0.1, -0.05) is 12.1 Å². The van der Waals surface area contributed by atoms with Crippen LogP contribution in [0.3, 0.4) is 0 Å². The molecule has 0 radical (unpaired) electrons. The first-order valence-electron chi connectivity index (χ1n) is 7.69. The van der Waals surface area contributed by atoms with Crippen LogP contribution in [0.25, 0.3) is 6.08 Å². The lowest BCUT2D eigenvalue weighted by molar-refractivity contribution is -0.131. The van der Waals surface area contributed by atoms with Crippen LogP contribution in [-0.4, -0.2) is 40.4 Å². The number of carboxylic acids is 1. The van der Waals surface area contributed by atoms with E-state index in [0.717, 1.165) is 24.5 Å². The monoisotopic (exact) mass is 314 g/mol. The Morgan fingerprint density at radius 3 is 2.91 bits per heavy atom. The molecule has 0 spiro atoms. The number of fused-ring (bicyclic) bond motifs is 1. The van der Waals surface area contributed by atoms with Gasteiger partial charge in [0.15, 0.2) is 0 Å². The van der Waals surface area contributed by atoms with E-state index in [9.17, 15) is 14.4 Å². The number of carboxylic acid groups (broad SMARTS) is 1. The van der Waals surface area contributed by atoms with Crippen molar-refractivity contribution < 1.29 is 19.5 Å². The largest absolute Gasteiger partial charge is 0.478 e. The number of amides is 2. The molecule has 6 nitrogen and oxygen atoms in total. The van der Waals surface area contributed by atoms with Gasteiger partial charge in [-0.3, -0.25) is 9.59 Å². The Morgan fingerprint density at radius 2 is 2.13 bits per heavy atom. The van der Waals surface area contributed by atoms with Gasteiger partial charge < -0.3 is 15.3 Å². The Balaban J connectivity index is 1.90. The molecule has 0 aromatic heterocycles. The fourth-order valence-electron chi connectivity index (χ4n) is 3.17. The topological polar surface area (TPSA) is 86.7 Å². The van der Waals surface area contributed by atoms with E-state index in [0.29, 0.717) is 30.6 Å². The number of hydrogen-bond donors (Lipinski definition) is 2. The summed E-state index contributed by atoms with van der Waals surface area (Å²) in [6, 6.07) is 4.79. The summed E-state index contributed by atoms with van der Waals surface area (Å²) in [5, 5.41) is 11.6. The quantitative estimate of drug-likeness (QED) is 0.826. The van der Waals surface area contributed by atoms with Crippen LogP contribution in [0, 0.1) is 0 Å². The Hall–Kier alpha value is -2.63. The zero-order valence-corrected chi connectivity index (χ0v) is 12.6. The van der Waals surface area contributed by atoms with E-state index in [1.165, 1.54) is 6.08 Å². The molecule has 2 aliphatic rings. The number of carbonyl (C=O) groups is 3. The van der Waals surface area contributed by atoms with Crippen molar-refractivity contribution in [3.05, 3.63) is 41.0 Å². The first-order chi connectivity index (χ1) is 11.1. The van der Waals surface area contributed by atoms with E-state index in [4.69, 9.17) is 5.11 Å². The van der Waals surface area contributed by atoms with Gasteiger partial charge >= 0.3 is 5.97 Å². The predicted molar refractivity (Wildman–Crippen MR) is 83.6 cm³/mol. The fourth-order valence-corrected chi connectivity index (χ4v) is 3.17. The summed E-state index contributed by atoms with van der Waals surface area (Å²) in [7, 11) is 0. The molecule has 0 aliphatic carbocycles. The molecule has 1 unspecified atom stereocenters. The van der Waals surface area contributed by atoms with Crippen LogP contribution >= 0.6 is 0 Å². The summed E-state index contributed by atoms with van der Waals surface area (Å²) in [5.74, 6) is -1.30. The maximum atomic E-state index is 12.6.